The van der Waals surface area contributed by atoms with Crippen molar-refractivity contribution in [2.75, 3.05) is 20.2 Å². The molecule has 4 rings (SSSR count). The molecule has 0 saturated carbocycles. The standard InChI is InChI=1S/C20H22N4O3S/c1-27-18-8-5-9-19(14-18)28(25,26)23-12-10-17(11-13-23)24-15-21-22-20(24)16-6-3-2-4-7-16/h2-9,14-15,17H,10-13H2,1H3. The smallest absolute Gasteiger partial charge is 0.243 e. The maximum Gasteiger partial charge on any atom is 0.243 e. The van der Waals surface area contributed by atoms with Gasteiger partial charge in [-0.3, -0.25) is 0 Å². The number of hydrogen-bond donors (Lipinski definition) is 0. The number of methoxy groups -OCH3 is 1. The second-order valence-corrected chi connectivity index (χ2v) is 8.68. The Bertz CT molecular complexity index is 1040. The molecule has 1 saturated heterocycles. The quantitative estimate of drug-likeness (QED) is 0.660. The van der Waals surface area contributed by atoms with Crippen molar-refractivity contribution in [3.05, 3.63) is 60.9 Å². The Kier molecular flexibility index (Phi) is 5.15. The number of nitrogens with zero attached hydrogens (tertiary/aromatic N) is 4. The molecule has 1 fully saturated rings. The molecule has 146 valence electrons. The van der Waals surface area contributed by atoms with E-state index in [2.05, 4.69) is 14.8 Å². The highest BCUT2D eigenvalue weighted by Gasteiger charge is 2.31. The van der Waals surface area contributed by atoms with E-state index in [0.29, 0.717) is 31.7 Å². The minimum Gasteiger partial charge on any atom is -0.497 e. The molecule has 0 atom stereocenters. The predicted octanol–water partition coefficient (Wildman–Crippen LogP) is 2.98. The van der Waals surface area contributed by atoms with E-state index in [-0.39, 0.29) is 10.9 Å². The zero-order valence-corrected chi connectivity index (χ0v) is 16.4. The van der Waals surface area contributed by atoms with Gasteiger partial charge in [0.25, 0.3) is 0 Å². The fraction of sp³-hybridized carbons (Fsp3) is 0.300. The summed E-state index contributed by atoms with van der Waals surface area (Å²) in [5, 5.41) is 8.34. The zero-order valence-electron chi connectivity index (χ0n) is 15.6. The number of benzene rings is 2. The molecular formula is C20H22N4O3S. The van der Waals surface area contributed by atoms with Crippen molar-refractivity contribution in [1.29, 1.82) is 0 Å². The van der Waals surface area contributed by atoms with Crippen LogP contribution >= 0.6 is 0 Å². The van der Waals surface area contributed by atoms with E-state index in [1.54, 1.807) is 34.9 Å². The number of piperidine rings is 1. The van der Waals surface area contributed by atoms with Crippen molar-refractivity contribution in [2.24, 2.45) is 0 Å². The minimum absolute atomic E-state index is 0.168. The van der Waals surface area contributed by atoms with Crippen molar-refractivity contribution in [3.63, 3.8) is 0 Å². The molecule has 1 aliphatic rings. The van der Waals surface area contributed by atoms with Crippen molar-refractivity contribution < 1.29 is 13.2 Å². The normalized spacial score (nSPS) is 16.2. The molecule has 0 N–H and O–H groups in total. The van der Waals surface area contributed by atoms with E-state index in [4.69, 9.17) is 4.74 Å². The van der Waals surface area contributed by atoms with Crippen LogP contribution in [0.1, 0.15) is 18.9 Å². The largest absolute Gasteiger partial charge is 0.497 e. The lowest BCUT2D eigenvalue weighted by molar-refractivity contribution is 0.274. The van der Waals surface area contributed by atoms with Crippen LogP contribution in [0.5, 0.6) is 5.75 Å². The van der Waals surface area contributed by atoms with Gasteiger partial charge < -0.3 is 9.30 Å². The number of aromatic nitrogens is 3. The molecule has 0 unspecified atom stereocenters. The summed E-state index contributed by atoms with van der Waals surface area (Å²) in [5.74, 6) is 1.35. The molecule has 0 bridgehead atoms. The molecular weight excluding hydrogens is 376 g/mol. The second-order valence-electron chi connectivity index (χ2n) is 6.74. The van der Waals surface area contributed by atoms with Gasteiger partial charge in [0.2, 0.25) is 10.0 Å². The van der Waals surface area contributed by atoms with Crippen LogP contribution in [0.4, 0.5) is 0 Å². The monoisotopic (exact) mass is 398 g/mol. The van der Waals surface area contributed by atoms with Crippen LogP contribution in [0.25, 0.3) is 11.4 Å². The van der Waals surface area contributed by atoms with Gasteiger partial charge in [0.1, 0.15) is 12.1 Å². The third-order valence-electron chi connectivity index (χ3n) is 5.10. The van der Waals surface area contributed by atoms with Gasteiger partial charge in [0.15, 0.2) is 5.82 Å². The van der Waals surface area contributed by atoms with E-state index in [1.165, 1.54) is 7.11 Å². The average Bonchev–Trinajstić information content (AvgIpc) is 3.24. The molecule has 2 aromatic carbocycles. The first-order chi connectivity index (χ1) is 13.6. The summed E-state index contributed by atoms with van der Waals surface area (Å²) in [6, 6.07) is 16.7. The molecule has 1 aromatic heterocycles. The van der Waals surface area contributed by atoms with Gasteiger partial charge in [-0.1, -0.05) is 36.4 Å². The Labute approximate surface area is 164 Å². The van der Waals surface area contributed by atoms with Crippen molar-refractivity contribution in [2.45, 2.75) is 23.8 Å². The van der Waals surface area contributed by atoms with Crippen LogP contribution in [0.15, 0.2) is 65.8 Å². The summed E-state index contributed by atoms with van der Waals surface area (Å²) >= 11 is 0. The number of ether oxygens (including phenoxy) is 1. The highest BCUT2D eigenvalue weighted by molar-refractivity contribution is 7.89. The summed E-state index contributed by atoms with van der Waals surface area (Å²) in [6.45, 7) is 0.910. The summed E-state index contributed by atoms with van der Waals surface area (Å²) in [6.07, 6.45) is 3.15. The molecule has 3 aromatic rings. The predicted molar refractivity (Wildman–Crippen MR) is 105 cm³/mol. The van der Waals surface area contributed by atoms with E-state index in [0.717, 1.165) is 11.4 Å². The van der Waals surface area contributed by atoms with Crippen molar-refractivity contribution in [1.82, 2.24) is 19.1 Å². The first-order valence-corrected chi connectivity index (χ1v) is 10.6. The summed E-state index contributed by atoms with van der Waals surface area (Å²) < 4.78 is 34.7. The second kappa shape index (κ2) is 7.73. The Morgan fingerprint density at radius 1 is 1.04 bits per heavy atom. The van der Waals surface area contributed by atoms with Gasteiger partial charge >= 0.3 is 0 Å². The van der Waals surface area contributed by atoms with Crippen LogP contribution in [0.2, 0.25) is 0 Å². The molecule has 2 heterocycles. The van der Waals surface area contributed by atoms with Crippen LogP contribution in [0.3, 0.4) is 0 Å². The van der Waals surface area contributed by atoms with Crippen LogP contribution < -0.4 is 4.74 Å². The summed E-state index contributed by atoms with van der Waals surface area (Å²) in [4.78, 5) is 0.263. The van der Waals surface area contributed by atoms with Gasteiger partial charge in [-0.25, -0.2) is 8.42 Å². The first-order valence-electron chi connectivity index (χ1n) is 9.19. The van der Waals surface area contributed by atoms with Crippen molar-refractivity contribution >= 4 is 10.0 Å². The maximum absolute atomic E-state index is 13.0. The van der Waals surface area contributed by atoms with E-state index < -0.39 is 10.0 Å². The Morgan fingerprint density at radius 2 is 1.79 bits per heavy atom. The molecule has 0 aliphatic carbocycles. The fourth-order valence-electron chi connectivity index (χ4n) is 3.58. The molecule has 0 radical (unpaired) electrons. The molecule has 8 heteroatoms. The number of hydrogen-bond acceptors (Lipinski definition) is 5. The van der Waals surface area contributed by atoms with Crippen LogP contribution in [-0.4, -0.2) is 47.7 Å². The van der Waals surface area contributed by atoms with Gasteiger partial charge in [-0.2, -0.15) is 4.31 Å². The van der Waals surface area contributed by atoms with Gasteiger partial charge in [0.05, 0.1) is 12.0 Å². The zero-order chi connectivity index (χ0) is 19.6. The van der Waals surface area contributed by atoms with E-state index in [9.17, 15) is 8.42 Å². The van der Waals surface area contributed by atoms with Gasteiger partial charge in [-0.15, -0.1) is 10.2 Å². The molecule has 7 nitrogen and oxygen atoms in total. The van der Waals surface area contributed by atoms with Gasteiger partial charge in [-0.05, 0) is 25.0 Å². The molecule has 28 heavy (non-hydrogen) atoms. The molecule has 0 spiro atoms. The minimum atomic E-state index is -3.54. The summed E-state index contributed by atoms with van der Waals surface area (Å²) in [5.41, 5.74) is 1.01. The van der Waals surface area contributed by atoms with E-state index in [1.807, 2.05) is 30.3 Å². The average molecular weight is 398 g/mol. The Balaban J connectivity index is 1.51. The molecule has 1 aliphatic heterocycles. The van der Waals surface area contributed by atoms with Gasteiger partial charge in [0, 0.05) is 30.8 Å². The third kappa shape index (κ3) is 3.53. The van der Waals surface area contributed by atoms with E-state index >= 15 is 0 Å². The fourth-order valence-corrected chi connectivity index (χ4v) is 5.08. The highest BCUT2D eigenvalue weighted by atomic mass is 32.2. The number of sulfonamides is 1. The Morgan fingerprint density at radius 3 is 2.50 bits per heavy atom. The van der Waals surface area contributed by atoms with Crippen molar-refractivity contribution in [3.8, 4) is 17.1 Å². The summed E-state index contributed by atoms with van der Waals surface area (Å²) in [7, 11) is -2.01. The third-order valence-corrected chi connectivity index (χ3v) is 7.00. The lowest BCUT2D eigenvalue weighted by atomic mass is 10.1. The molecule has 0 amide bonds. The first kappa shape index (κ1) is 18.6. The topological polar surface area (TPSA) is 77.3 Å². The lowest BCUT2D eigenvalue weighted by Crippen LogP contribution is -2.39. The highest BCUT2D eigenvalue weighted by Crippen LogP contribution is 2.30. The van der Waals surface area contributed by atoms with Crippen LogP contribution in [-0.2, 0) is 10.0 Å². The SMILES string of the molecule is COc1cccc(S(=O)(=O)N2CCC(n3cnnc3-c3ccccc3)CC2)c1. The maximum atomic E-state index is 13.0. The lowest BCUT2D eigenvalue weighted by Gasteiger charge is -2.32. The van der Waals surface area contributed by atoms with Crippen LogP contribution in [0, 0.1) is 0 Å². The number of rotatable bonds is 5. The Hall–Kier alpha value is -2.71.